The van der Waals surface area contributed by atoms with Gasteiger partial charge in [0.25, 0.3) is 0 Å². The Balaban J connectivity index is 2.16. The third kappa shape index (κ3) is 5.42. The van der Waals surface area contributed by atoms with Gasteiger partial charge in [0.2, 0.25) is 0 Å². The van der Waals surface area contributed by atoms with Gasteiger partial charge in [0, 0.05) is 28.0 Å². The number of hydrogen-bond acceptors (Lipinski definition) is 4. The molecule has 0 fully saturated rings. The number of nitrogens with one attached hydrogen (secondary N) is 3. The number of carbonyl (C=O) groups is 2. The maximum Gasteiger partial charge on any atom is 0.329 e. The van der Waals surface area contributed by atoms with Gasteiger partial charge in [-0.3, -0.25) is 9.59 Å². The minimum absolute atomic E-state index is 0.381. The van der Waals surface area contributed by atoms with Crippen LogP contribution in [0.4, 0.5) is 11.4 Å². The van der Waals surface area contributed by atoms with E-state index in [0.717, 1.165) is 27.0 Å². The fourth-order valence-corrected chi connectivity index (χ4v) is 2.44. The van der Waals surface area contributed by atoms with Crippen LogP contribution in [0.2, 0.25) is 0 Å². The predicted octanol–water partition coefficient (Wildman–Crippen LogP) is 3.09. The summed E-state index contributed by atoms with van der Waals surface area (Å²) in [5.41, 5.74) is 5.89. The minimum atomic E-state index is -0.804. The zero-order chi connectivity index (χ0) is 18.2. The van der Waals surface area contributed by atoms with Crippen molar-refractivity contribution >= 4 is 45.3 Å². The number of anilines is 2. The van der Waals surface area contributed by atoms with Crippen LogP contribution in [0.1, 0.15) is 18.1 Å². The number of nitrogens with zero attached hydrogens (tertiary/aromatic N) is 1. The van der Waals surface area contributed by atoms with E-state index in [1.807, 2.05) is 49.4 Å². The van der Waals surface area contributed by atoms with Gasteiger partial charge in [0.05, 0.1) is 6.21 Å². The molecule has 0 bridgehead atoms. The zero-order valence-electron chi connectivity index (χ0n) is 14.0. The molecule has 0 spiro atoms. The molecular formula is C18H19BrN4O2. The first-order valence-electron chi connectivity index (χ1n) is 7.74. The highest BCUT2D eigenvalue weighted by Crippen LogP contribution is 2.25. The number of rotatable bonds is 5. The van der Waals surface area contributed by atoms with E-state index in [-0.39, 0.29) is 0 Å². The summed E-state index contributed by atoms with van der Waals surface area (Å²) >= 11 is 3.42. The Morgan fingerprint density at radius 2 is 1.88 bits per heavy atom. The van der Waals surface area contributed by atoms with Gasteiger partial charge < -0.3 is 10.6 Å². The van der Waals surface area contributed by atoms with Crippen molar-refractivity contribution in [3.05, 3.63) is 58.1 Å². The monoisotopic (exact) mass is 402 g/mol. The van der Waals surface area contributed by atoms with Crippen LogP contribution in [0, 0.1) is 6.92 Å². The number of amides is 2. The second-order valence-electron chi connectivity index (χ2n) is 5.23. The summed E-state index contributed by atoms with van der Waals surface area (Å²) in [7, 11) is 0. The molecule has 0 saturated carbocycles. The SMILES string of the molecule is CCNC(=O)C(=O)N/N=C\c1cc(Br)ccc1Nc1ccccc1C. The standard InChI is InChI=1S/C18H19BrN4O2/c1-3-20-17(24)18(25)23-21-11-13-10-14(19)8-9-16(13)22-15-7-5-4-6-12(15)2/h4-11,22H,3H2,1-2H3,(H,20,24)(H,23,25)/b21-11-. The summed E-state index contributed by atoms with van der Waals surface area (Å²) < 4.78 is 0.874. The van der Waals surface area contributed by atoms with E-state index in [2.05, 4.69) is 37.1 Å². The largest absolute Gasteiger partial charge is 0.355 e. The van der Waals surface area contributed by atoms with Crippen LogP contribution in [0.25, 0.3) is 0 Å². The van der Waals surface area contributed by atoms with E-state index in [1.54, 1.807) is 6.92 Å². The van der Waals surface area contributed by atoms with E-state index in [9.17, 15) is 9.59 Å². The number of benzene rings is 2. The molecule has 130 valence electrons. The molecule has 6 nitrogen and oxygen atoms in total. The van der Waals surface area contributed by atoms with E-state index in [4.69, 9.17) is 0 Å². The predicted molar refractivity (Wildman–Crippen MR) is 103 cm³/mol. The average molecular weight is 403 g/mol. The molecule has 2 aromatic rings. The Kier molecular flexibility index (Phi) is 6.71. The second-order valence-corrected chi connectivity index (χ2v) is 6.15. The maximum absolute atomic E-state index is 11.5. The Hall–Kier alpha value is -2.67. The normalized spacial score (nSPS) is 10.5. The average Bonchev–Trinajstić information content (AvgIpc) is 2.59. The van der Waals surface area contributed by atoms with Crippen LogP contribution in [0.15, 0.2) is 52.0 Å². The highest BCUT2D eigenvalue weighted by molar-refractivity contribution is 9.10. The minimum Gasteiger partial charge on any atom is -0.355 e. The number of hydrazone groups is 1. The molecule has 2 rings (SSSR count). The van der Waals surface area contributed by atoms with Crippen LogP contribution in [0.3, 0.4) is 0 Å². The van der Waals surface area contributed by atoms with Gasteiger partial charge >= 0.3 is 11.8 Å². The van der Waals surface area contributed by atoms with E-state index in [0.29, 0.717) is 6.54 Å². The molecule has 2 amide bonds. The third-order valence-electron chi connectivity index (χ3n) is 3.34. The van der Waals surface area contributed by atoms with Crippen molar-refractivity contribution in [3.63, 3.8) is 0 Å². The van der Waals surface area contributed by atoms with Gasteiger partial charge in [-0.1, -0.05) is 34.1 Å². The lowest BCUT2D eigenvalue weighted by molar-refractivity contribution is -0.139. The van der Waals surface area contributed by atoms with Crippen molar-refractivity contribution in [2.75, 3.05) is 11.9 Å². The fraction of sp³-hybridized carbons (Fsp3) is 0.167. The van der Waals surface area contributed by atoms with Gasteiger partial charge in [-0.2, -0.15) is 5.10 Å². The van der Waals surface area contributed by atoms with Crippen LogP contribution >= 0.6 is 15.9 Å². The van der Waals surface area contributed by atoms with Crippen LogP contribution in [-0.4, -0.2) is 24.6 Å². The van der Waals surface area contributed by atoms with Gasteiger partial charge in [0.1, 0.15) is 0 Å². The Morgan fingerprint density at radius 3 is 2.60 bits per heavy atom. The first kappa shape index (κ1) is 18.7. The molecule has 0 aromatic heterocycles. The third-order valence-corrected chi connectivity index (χ3v) is 3.83. The van der Waals surface area contributed by atoms with Gasteiger partial charge in [-0.25, -0.2) is 5.43 Å². The lowest BCUT2D eigenvalue weighted by atomic mass is 10.1. The molecule has 0 aliphatic heterocycles. The molecule has 0 heterocycles. The fourth-order valence-electron chi connectivity index (χ4n) is 2.06. The van der Waals surface area contributed by atoms with Crippen molar-refractivity contribution in [1.82, 2.24) is 10.7 Å². The van der Waals surface area contributed by atoms with Gasteiger partial charge in [-0.05, 0) is 43.7 Å². The summed E-state index contributed by atoms with van der Waals surface area (Å²) in [5, 5.41) is 9.62. The molecule has 0 saturated heterocycles. The molecule has 0 aliphatic rings. The van der Waals surface area contributed by atoms with Crippen LogP contribution in [-0.2, 0) is 9.59 Å². The van der Waals surface area contributed by atoms with Crippen molar-refractivity contribution in [1.29, 1.82) is 0 Å². The van der Waals surface area contributed by atoms with Crippen molar-refractivity contribution in [2.24, 2.45) is 5.10 Å². The number of carbonyl (C=O) groups excluding carboxylic acids is 2. The number of hydrogen-bond donors (Lipinski definition) is 3. The highest BCUT2D eigenvalue weighted by Gasteiger charge is 2.10. The summed E-state index contributed by atoms with van der Waals surface area (Å²) in [5.74, 6) is -1.52. The van der Waals surface area contributed by atoms with Crippen LogP contribution < -0.4 is 16.1 Å². The van der Waals surface area contributed by atoms with Gasteiger partial charge in [-0.15, -0.1) is 0 Å². The molecular weight excluding hydrogens is 384 g/mol. The summed E-state index contributed by atoms with van der Waals surface area (Å²) in [6, 6.07) is 13.6. The second kappa shape index (κ2) is 8.98. The lowest BCUT2D eigenvalue weighted by Gasteiger charge is -2.12. The number of likely N-dealkylation sites (N-methyl/N-ethyl adjacent to an activating group) is 1. The summed E-state index contributed by atoms with van der Waals surface area (Å²) in [6.07, 6.45) is 1.49. The Morgan fingerprint density at radius 1 is 1.12 bits per heavy atom. The molecule has 0 unspecified atom stereocenters. The maximum atomic E-state index is 11.5. The Labute approximate surface area is 154 Å². The molecule has 2 aromatic carbocycles. The van der Waals surface area contributed by atoms with Crippen LogP contribution in [0.5, 0.6) is 0 Å². The van der Waals surface area contributed by atoms with E-state index < -0.39 is 11.8 Å². The van der Waals surface area contributed by atoms with Crippen molar-refractivity contribution in [2.45, 2.75) is 13.8 Å². The molecule has 7 heteroatoms. The quantitative estimate of drug-likeness (QED) is 0.408. The molecule has 0 radical (unpaired) electrons. The zero-order valence-corrected chi connectivity index (χ0v) is 15.6. The molecule has 25 heavy (non-hydrogen) atoms. The number of para-hydroxylation sites is 1. The summed E-state index contributed by atoms with van der Waals surface area (Å²) in [6.45, 7) is 4.13. The molecule has 0 aliphatic carbocycles. The van der Waals surface area contributed by atoms with E-state index >= 15 is 0 Å². The molecule has 0 atom stereocenters. The van der Waals surface area contributed by atoms with Crippen molar-refractivity contribution < 1.29 is 9.59 Å². The molecule has 3 N–H and O–H groups in total. The van der Waals surface area contributed by atoms with Gasteiger partial charge in [0.15, 0.2) is 0 Å². The smallest absolute Gasteiger partial charge is 0.329 e. The lowest BCUT2D eigenvalue weighted by Crippen LogP contribution is -2.37. The number of halogens is 1. The van der Waals surface area contributed by atoms with Crippen molar-refractivity contribution in [3.8, 4) is 0 Å². The summed E-state index contributed by atoms with van der Waals surface area (Å²) in [4.78, 5) is 22.9. The first-order chi connectivity index (χ1) is 12.0. The van der Waals surface area contributed by atoms with E-state index in [1.165, 1.54) is 6.21 Å². The number of aryl methyl sites for hydroxylation is 1. The Bertz CT molecular complexity index is 805. The topological polar surface area (TPSA) is 82.6 Å². The highest BCUT2D eigenvalue weighted by atomic mass is 79.9. The first-order valence-corrected chi connectivity index (χ1v) is 8.54.